The summed E-state index contributed by atoms with van der Waals surface area (Å²) in [4.78, 5) is 49.0. The van der Waals surface area contributed by atoms with Crippen molar-refractivity contribution in [3.05, 3.63) is 70.8 Å². The van der Waals surface area contributed by atoms with Crippen molar-refractivity contribution in [1.82, 2.24) is 0 Å². The van der Waals surface area contributed by atoms with E-state index in [-0.39, 0.29) is 98.9 Å². The number of unbranched alkanes of at least 4 members (excludes halogenated alkanes) is 14. The van der Waals surface area contributed by atoms with Crippen LogP contribution < -0.4 is 0 Å². The molecule has 0 radical (unpaired) electrons. The predicted molar refractivity (Wildman–Crippen MR) is 223 cm³/mol. The molecule has 0 atom stereocenters. The van der Waals surface area contributed by atoms with Crippen LogP contribution in [-0.2, 0) is 39.2 Å². The van der Waals surface area contributed by atoms with Crippen LogP contribution >= 0.6 is 0 Å². The topological polar surface area (TPSA) is 220 Å². The van der Waals surface area contributed by atoms with Crippen molar-refractivity contribution in [3.63, 3.8) is 0 Å². The van der Waals surface area contributed by atoms with Gasteiger partial charge in [0.2, 0.25) is 0 Å². The van der Waals surface area contributed by atoms with E-state index in [0.717, 1.165) is 38.5 Å². The van der Waals surface area contributed by atoms with Crippen LogP contribution in [0.4, 0.5) is 0 Å². The largest absolute Gasteiger partial charge is 2.00 e. The molecular formula is C42H62CaO14S2. The number of ether oxygens (including phenoxy) is 4. The van der Waals surface area contributed by atoms with Gasteiger partial charge in [0.25, 0.3) is 0 Å². The van der Waals surface area contributed by atoms with Crippen LogP contribution in [0.1, 0.15) is 171 Å². The number of benzene rings is 2. The first-order chi connectivity index (χ1) is 27.7. The Bertz CT molecular complexity index is 1590. The fourth-order valence-corrected chi connectivity index (χ4v) is 6.64. The first kappa shape index (κ1) is 56.4. The van der Waals surface area contributed by atoms with Crippen molar-refractivity contribution >= 4 is 81.9 Å². The molecular weight excluding hydrogens is 833 g/mol. The molecule has 0 aliphatic rings. The molecule has 0 aliphatic carbocycles. The SMILES string of the molecule is CCCCCCCCCOC(=O)c1ccccc1C(=O)OCCCCS(=O)(=O)[O-].CCCCCCCCCOC(=O)c1ccccc1C(=O)OCCCCS(=O)(=O)[O-].[Ca+2]. The van der Waals surface area contributed by atoms with Gasteiger partial charge in [0, 0.05) is 11.5 Å². The van der Waals surface area contributed by atoms with Crippen LogP contribution in [0.2, 0.25) is 0 Å². The van der Waals surface area contributed by atoms with E-state index in [4.69, 9.17) is 18.9 Å². The van der Waals surface area contributed by atoms with E-state index in [0.29, 0.717) is 13.2 Å². The minimum absolute atomic E-state index is 0. The van der Waals surface area contributed by atoms with Gasteiger partial charge in [-0.05, 0) is 62.8 Å². The van der Waals surface area contributed by atoms with Gasteiger partial charge in [0.15, 0.2) is 0 Å². The summed E-state index contributed by atoms with van der Waals surface area (Å²) in [5.74, 6) is -3.49. The molecule has 0 saturated carbocycles. The Morgan fingerprint density at radius 3 is 0.864 bits per heavy atom. The average Bonchev–Trinajstić information content (AvgIpc) is 3.18. The van der Waals surface area contributed by atoms with Crippen LogP contribution in [0.15, 0.2) is 48.5 Å². The Kier molecular flexibility index (Phi) is 32.5. The van der Waals surface area contributed by atoms with Gasteiger partial charge in [0.1, 0.15) is 0 Å². The summed E-state index contributed by atoms with van der Waals surface area (Å²) in [6, 6.07) is 12.5. The minimum Gasteiger partial charge on any atom is -0.748 e. The van der Waals surface area contributed by atoms with E-state index < -0.39 is 55.6 Å². The summed E-state index contributed by atoms with van der Waals surface area (Å²) in [6.45, 7) is 4.90. The Morgan fingerprint density at radius 1 is 0.407 bits per heavy atom. The van der Waals surface area contributed by atoms with Crippen molar-refractivity contribution in [1.29, 1.82) is 0 Å². The monoisotopic (exact) mass is 894 g/mol. The molecule has 14 nitrogen and oxygen atoms in total. The van der Waals surface area contributed by atoms with Crippen molar-refractivity contribution < 1.29 is 64.1 Å². The van der Waals surface area contributed by atoms with Crippen molar-refractivity contribution in [2.75, 3.05) is 37.9 Å². The molecule has 17 heteroatoms. The summed E-state index contributed by atoms with van der Waals surface area (Å²) in [5, 5.41) is 0. The van der Waals surface area contributed by atoms with Gasteiger partial charge >= 0.3 is 61.6 Å². The average molecular weight is 895 g/mol. The molecule has 0 N–H and O–H groups in total. The number of carbonyl (C=O) groups is 4. The molecule has 0 saturated heterocycles. The summed E-state index contributed by atoms with van der Waals surface area (Å²) in [6.07, 6.45) is 16.3. The fraction of sp³-hybridized carbons (Fsp3) is 0.619. The first-order valence-corrected chi connectivity index (χ1v) is 23.6. The van der Waals surface area contributed by atoms with Crippen molar-refractivity contribution in [2.45, 2.75) is 129 Å². The molecule has 0 aromatic heterocycles. The van der Waals surface area contributed by atoms with Crippen LogP contribution in [0.5, 0.6) is 0 Å². The predicted octanol–water partition coefficient (Wildman–Crippen LogP) is 7.77. The Morgan fingerprint density at radius 2 is 0.627 bits per heavy atom. The maximum atomic E-state index is 12.3. The van der Waals surface area contributed by atoms with Crippen molar-refractivity contribution in [3.8, 4) is 0 Å². The summed E-state index contributed by atoms with van der Waals surface area (Å²) >= 11 is 0. The van der Waals surface area contributed by atoms with E-state index >= 15 is 0 Å². The Hall–Kier alpha value is -2.60. The quantitative estimate of drug-likeness (QED) is 0.0241. The molecule has 2 aromatic carbocycles. The number of carbonyl (C=O) groups excluding carboxylic acids is 4. The molecule has 0 spiro atoms. The van der Waals surface area contributed by atoms with Gasteiger partial charge in [-0.1, -0.05) is 115 Å². The van der Waals surface area contributed by atoms with Gasteiger partial charge in [-0.25, -0.2) is 36.0 Å². The first-order valence-electron chi connectivity index (χ1n) is 20.4. The Balaban J connectivity index is 0.00000112. The second-order valence-electron chi connectivity index (χ2n) is 13.8. The molecule has 59 heavy (non-hydrogen) atoms. The van der Waals surface area contributed by atoms with Gasteiger partial charge in [-0.2, -0.15) is 0 Å². The third-order valence-corrected chi connectivity index (χ3v) is 10.3. The summed E-state index contributed by atoms with van der Waals surface area (Å²) in [7, 11) is -8.53. The van der Waals surface area contributed by atoms with E-state index in [2.05, 4.69) is 13.8 Å². The third-order valence-electron chi connectivity index (χ3n) is 8.74. The van der Waals surface area contributed by atoms with Gasteiger partial charge in [0.05, 0.1) is 68.9 Å². The van der Waals surface area contributed by atoms with Gasteiger partial charge < -0.3 is 28.1 Å². The van der Waals surface area contributed by atoms with Crippen LogP contribution in [0, 0.1) is 0 Å². The van der Waals surface area contributed by atoms with E-state index in [1.54, 1.807) is 24.3 Å². The van der Waals surface area contributed by atoms with Gasteiger partial charge in [-0.15, -0.1) is 0 Å². The molecule has 0 bridgehead atoms. The summed E-state index contributed by atoms with van der Waals surface area (Å²) in [5.41, 5.74) is 0.493. The third kappa shape index (κ3) is 29.3. The minimum atomic E-state index is -4.27. The maximum Gasteiger partial charge on any atom is 2.00 e. The number of esters is 4. The molecule has 0 aliphatic heterocycles. The molecule has 328 valence electrons. The molecule has 0 unspecified atom stereocenters. The van der Waals surface area contributed by atoms with Crippen LogP contribution in [0.3, 0.4) is 0 Å². The fourth-order valence-electron chi connectivity index (χ4n) is 5.53. The zero-order chi connectivity index (χ0) is 43.1. The van der Waals surface area contributed by atoms with Crippen LogP contribution in [0.25, 0.3) is 0 Å². The molecule has 0 heterocycles. The smallest absolute Gasteiger partial charge is 0.748 e. The van der Waals surface area contributed by atoms with Gasteiger partial charge in [-0.3, -0.25) is 0 Å². The molecule has 0 fully saturated rings. The number of rotatable bonds is 30. The van der Waals surface area contributed by atoms with E-state index in [9.17, 15) is 45.1 Å². The van der Waals surface area contributed by atoms with E-state index in [1.165, 1.54) is 75.6 Å². The maximum absolute atomic E-state index is 12.3. The Labute approximate surface area is 381 Å². The van der Waals surface area contributed by atoms with E-state index in [1.807, 2.05) is 0 Å². The zero-order valence-corrected chi connectivity index (χ0v) is 38.7. The molecule has 2 rings (SSSR count). The molecule has 2 aromatic rings. The second-order valence-corrected chi connectivity index (χ2v) is 16.9. The van der Waals surface area contributed by atoms with Crippen molar-refractivity contribution in [2.24, 2.45) is 0 Å². The zero-order valence-electron chi connectivity index (χ0n) is 34.8. The molecule has 0 amide bonds. The number of hydrogen-bond acceptors (Lipinski definition) is 14. The standard InChI is InChI=1S/2C21H32O7S.Ca/c2*1-2-3-4-5-6-7-10-15-27-20(22)18-13-8-9-14-19(18)21(23)28-16-11-12-17-29(24,25)26;/h2*8-9,13-14H,2-7,10-12,15-17H2,1H3,(H,24,25,26);/q;;+2/p-2. The number of hydrogen-bond donors (Lipinski definition) is 0. The van der Waals surface area contributed by atoms with Crippen LogP contribution in [-0.4, -0.2) is 125 Å². The summed E-state index contributed by atoms with van der Waals surface area (Å²) < 4.78 is 84.0. The second kappa shape index (κ2) is 34.0. The normalized spacial score (nSPS) is 11.1.